The Labute approximate surface area is 201 Å². The van der Waals surface area contributed by atoms with E-state index in [9.17, 15) is 9.59 Å². The fraction of sp³-hybridized carbons (Fsp3) is 0.133. The number of hydrogen-bond donors (Lipinski definition) is 0. The van der Waals surface area contributed by atoms with Gasteiger partial charge in [0, 0.05) is 24.8 Å². The minimum absolute atomic E-state index is 0.0324. The van der Waals surface area contributed by atoms with Crippen molar-refractivity contribution in [3.8, 4) is 0 Å². The van der Waals surface area contributed by atoms with Gasteiger partial charge in [0.2, 0.25) is 5.91 Å². The van der Waals surface area contributed by atoms with Crippen LogP contribution in [0.4, 0.5) is 5.69 Å². The molecule has 0 aromatic heterocycles. The van der Waals surface area contributed by atoms with Crippen molar-refractivity contribution in [1.82, 2.24) is 4.90 Å². The van der Waals surface area contributed by atoms with Crippen molar-refractivity contribution in [2.75, 3.05) is 11.9 Å². The van der Waals surface area contributed by atoms with E-state index in [0.29, 0.717) is 18.7 Å². The van der Waals surface area contributed by atoms with Gasteiger partial charge >= 0.3 is 0 Å². The standard InChI is InChI=1S/C30H28N2O2/c1-31(22-24-12-5-2-6-13-24)29(33)21-26-16-11-19-28(20-26)32(23-25-14-7-3-8-15-25)30(34)27-17-9-4-10-18-27/h2-20H,21-23H2,1H3. The Bertz CT molecular complexity index is 1220. The molecule has 4 rings (SSSR count). The molecule has 0 N–H and O–H groups in total. The van der Waals surface area contributed by atoms with Crippen molar-refractivity contribution in [3.63, 3.8) is 0 Å². The zero-order valence-electron chi connectivity index (χ0n) is 19.3. The van der Waals surface area contributed by atoms with Crippen molar-refractivity contribution in [2.24, 2.45) is 0 Å². The molecule has 0 heterocycles. The van der Waals surface area contributed by atoms with Gasteiger partial charge in [0.25, 0.3) is 5.91 Å². The smallest absolute Gasteiger partial charge is 0.258 e. The van der Waals surface area contributed by atoms with E-state index >= 15 is 0 Å². The summed E-state index contributed by atoms with van der Waals surface area (Å²) in [5.41, 5.74) is 4.41. The third-order valence-corrected chi connectivity index (χ3v) is 5.72. The second-order valence-corrected chi connectivity index (χ2v) is 8.32. The van der Waals surface area contributed by atoms with E-state index in [1.54, 1.807) is 9.80 Å². The van der Waals surface area contributed by atoms with Gasteiger partial charge < -0.3 is 9.80 Å². The summed E-state index contributed by atoms with van der Waals surface area (Å²) in [6.45, 7) is 1.01. The van der Waals surface area contributed by atoms with Crippen LogP contribution in [0.5, 0.6) is 0 Å². The Morgan fingerprint density at radius 2 is 1.15 bits per heavy atom. The lowest BCUT2D eigenvalue weighted by Crippen LogP contribution is -2.31. The molecule has 0 saturated heterocycles. The summed E-state index contributed by atoms with van der Waals surface area (Å²) < 4.78 is 0. The topological polar surface area (TPSA) is 40.6 Å². The van der Waals surface area contributed by atoms with Gasteiger partial charge in [-0.25, -0.2) is 0 Å². The molecule has 4 nitrogen and oxygen atoms in total. The number of hydrogen-bond acceptors (Lipinski definition) is 2. The van der Waals surface area contributed by atoms with E-state index in [1.807, 2.05) is 122 Å². The van der Waals surface area contributed by atoms with Gasteiger partial charge in [0.05, 0.1) is 13.0 Å². The average molecular weight is 449 g/mol. The van der Waals surface area contributed by atoms with E-state index in [4.69, 9.17) is 0 Å². The first-order chi connectivity index (χ1) is 16.6. The molecule has 0 aliphatic heterocycles. The summed E-state index contributed by atoms with van der Waals surface area (Å²) >= 11 is 0. The Morgan fingerprint density at radius 3 is 1.76 bits per heavy atom. The number of anilines is 1. The first-order valence-electron chi connectivity index (χ1n) is 11.4. The lowest BCUT2D eigenvalue weighted by molar-refractivity contribution is -0.129. The molecule has 0 aliphatic carbocycles. The normalized spacial score (nSPS) is 10.5. The lowest BCUT2D eigenvalue weighted by atomic mass is 10.1. The van der Waals surface area contributed by atoms with Crippen LogP contribution < -0.4 is 4.90 Å². The zero-order valence-corrected chi connectivity index (χ0v) is 19.3. The number of rotatable bonds is 8. The molecule has 0 radical (unpaired) electrons. The molecule has 2 amide bonds. The van der Waals surface area contributed by atoms with Crippen molar-refractivity contribution >= 4 is 17.5 Å². The van der Waals surface area contributed by atoms with Gasteiger partial charge in [-0.2, -0.15) is 0 Å². The Morgan fingerprint density at radius 1 is 0.618 bits per heavy atom. The minimum atomic E-state index is -0.0749. The molecule has 0 unspecified atom stereocenters. The van der Waals surface area contributed by atoms with Crippen LogP contribution in [0, 0.1) is 0 Å². The Balaban J connectivity index is 1.55. The van der Waals surface area contributed by atoms with Crippen molar-refractivity contribution in [3.05, 3.63) is 138 Å². The van der Waals surface area contributed by atoms with Crippen LogP contribution in [-0.4, -0.2) is 23.8 Å². The fourth-order valence-corrected chi connectivity index (χ4v) is 3.87. The van der Waals surface area contributed by atoms with Gasteiger partial charge in [-0.3, -0.25) is 9.59 Å². The zero-order chi connectivity index (χ0) is 23.8. The molecular weight excluding hydrogens is 420 g/mol. The molecule has 0 fully saturated rings. The third kappa shape index (κ3) is 5.99. The van der Waals surface area contributed by atoms with E-state index in [-0.39, 0.29) is 18.2 Å². The summed E-state index contributed by atoms with van der Waals surface area (Å²) in [6.07, 6.45) is 0.274. The highest BCUT2D eigenvalue weighted by Crippen LogP contribution is 2.22. The molecule has 4 aromatic rings. The molecule has 34 heavy (non-hydrogen) atoms. The van der Waals surface area contributed by atoms with Crippen LogP contribution in [0.15, 0.2) is 115 Å². The maximum atomic E-state index is 13.4. The average Bonchev–Trinajstić information content (AvgIpc) is 2.89. The predicted octanol–water partition coefficient (Wildman–Crippen LogP) is 5.73. The van der Waals surface area contributed by atoms with Gasteiger partial charge in [-0.05, 0) is 41.0 Å². The molecule has 0 atom stereocenters. The van der Waals surface area contributed by atoms with Crippen molar-refractivity contribution < 1.29 is 9.59 Å². The fourth-order valence-electron chi connectivity index (χ4n) is 3.87. The minimum Gasteiger partial charge on any atom is -0.341 e. The molecule has 170 valence electrons. The SMILES string of the molecule is CN(Cc1ccccc1)C(=O)Cc1cccc(N(Cc2ccccc2)C(=O)c2ccccc2)c1. The summed E-state index contributed by atoms with van der Waals surface area (Å²) in [4.78, 5) is 29.8. The molecule has 0 aliphatic rings. The maximum Gasteiger partial charge on any atom is 0.258 e. The molecule has 0 spiro atoms. The first kappa shape index (κ1) is 23.0. The highest BCUT2D eigenvalue weighted by molar-refractivity contribution is 6.06. The van der Waals surface area contributed by atoms with Gasteiger partial charge in [0.15, 0.2) is 0 Å². The summed E-state index contributed by atoms with van der Waals surface area (Å²) in [7, 11) is 1.82. The van der Waals surface area contributed by atoms with Crippen LogP contribution in [0.1, 0.15) is 27.0 Å². The number of nitrogens with zero attached hydrogens (tertiary/aromatic N) is 2. The van der Waals surface area contributed by atoms with Crippen LogP contribution in [0.25, 0.3) is 0 Å². The second kappa shape index (κ2) is 11.1. The van der Waals surface area contributed by atoms with E-state index in [1.165, 1.54) is 0 Å². The summed E-state index contributed by atoms with van der Waals surface area (Å²) in [6, 6.07) is 36.9. The molecular formula is C30H28N2O2. The van der Waals surface area contributed by atoms with Gasteiger partial charge in [0.1, 0.15) is 0 Å². The number of benzene rings is 4. The third-order valence-electron chi connectivity index (χ3n) is 5.72. The number of carbonyl (C=O) groups is 2. The van der Waals surface area contributed by atoms with E-state index in [2.05, 4.69) is 0 Å². The summed E-state index contributed by atoms with van der Waals surface area (Å²) in [5.74, 6) is -0.0425. The van der Waals surface area contributed by atoms with Crippen molar-refractivity contribution in [1.29, 1.82) is 0 Å². The van der Waals surface area contributed by atoms with Crippen LogP contribution in [0.3, 0.4) is 0 Å². The van der Waals surface area contributed by atoms with Gasteiger partial charge in [-0.1, -0.05) is 91.0 Å². The number of likely N-dealkylation sites (N-methyl/N-ethyl adjacent to an activating group) is 1. The molecule has 0 saturated carbocycles. The number of carbonyl (C=O) groups excluding carboxylic acids is 2. The Kier molecular flexibility index (Phi) is 7.51. The largest absolute Gasteiger partial charge is 0.341 e. The van der Waals surface area contributed by atoms with Crippen LogP contribution >= 0.6 is 0 Å². The van der Waals surface area contributed by atoms with Crippen LogP contribution in [-0.2, 0) is 24.3 Å². The van der Waals surface area contributed by atoms with E-state index in [0.717, 1.165) is 22.4 Å². The van der Waals surface area contributed by atoms with E-state index < -0.39 is 0 Å². The molecule has 4 heteroatoms. The second-order valence-electron chi connectivity index (χ2n) is 8.32. The van der Waals surface area contributed by atoms with Crippen LogP contribution in [0.2, 0.25) is 0 Å². The highest BCUT2D eigenvalue weighted by atomic mass is 16.2. The highest BCUT2D eigenvalue weighted by Gasteiger charge is 2.19. The van der Waals surface area contributed by atoms with Gasteiger partial charge in [-0.15, -0.1) is 0 Å². The lowest BCUT2D eigenvalue weighted by Gasteiger charge is -2.24. The van der Waals surface area contributed by atoms with Crippen molar-refractivity contribution in [2.45, 2.75) is 19.5 Å². The first-order valence-corrected chi connectivity index (χ1v) is 11.4. The maximum absolute atomic E-state index is 13.4. The number of amides is 2. The molecule has 4 aromatic carbocycles. The Hall–Kier alpha value is -4.18. The quantitative estimate of drug-likeness (QED) is 0.345. The monoisotopic (exact) mass is 448 g/mol. The summed E-state index contributed by atoms with van der Waals surface area (Å²) in [5, 5.41) is 0. The molecule has 0 bridgehead atoms. The predicted molar refractivity (Wildman–Crippen MR) is 136 cm³/mol.